The van der Waals surface area contributed by atoms with Crippen molar-refractivity contribution in [2.24, 2.45) is 0 Å². The van der Waals surface area contributed by atoms with Gasteiger partial charge >= 0.3 is 5.97 Å². The normalized spacial score (nSPS) is 10.8. The maximum atomic E-state index is 12.1. The predicted octanol–water partition coefficient (Wildman–Crippen LogP) is 4.27. The number of pyridine rings is 1. The van der Waals surface area contributed by atoms with Crippen LogP contribution >= 0.6 is 0 Å². The van der Waals surface area contributed by atoms with Crippen LogP contribution < -0.4 is 0 Å². The van der Waals surface area contributed by atoms with Gasteiger partial charge in [-0.1, -0.05) is 49.7 Å². The molecule has 5 nitrogen and oxygen atoms in total. The summed E-state index contributed by atoms with van der Waals surface area (Å²) in [5.74, 6) is -1.34. The summed E-state index contributed by atoms with van der Waals surface area (Å²) in [6.45, 7) is 2.23. The maximum absolute atomic E-state index is 12.1. The number of aromatic hydroxyl groups is 2. The molecule has 1 heterocycles. The van der Waals surface area contributed by atoms with E-state index < -0.39 is 5.97 Å². The van der Waals surface area contributed by atoms with Crippen LogP contribution in [-0.2, 0) is 4.74 Å². The van der Waals surface area contributed by atoms with Gasteiger partial charge in [0.1, 0.15) is 0 Å². The third kappa shape index (κ3) is 3.40. The number of hydrogen-bond acceptors (Lipinski definition) is 5. The molecular weight excluding hydrogens is 318 g/mol. The number of ether oxygens (including phenoxy) is 1. The molecule has 0 fully saturated rings. The van der Waals surface area contributed by atoms with Gasteiger partial charge in [0.15, 0.2) is 11.4 Å². The van der Waals surface area contributed by atoms with Crippen molar-refractivity contribution in [2.75, 3.05) is 6.61 Å². The number of unbranched alkanes of at least 4 members (excludes halogenated alkanes) is 1. The lowest BCUT2D eigenvalue weighted by Gasteiger charge is -2.10. The lowest BCUT2D eigenvalue weighted by atomic mass is 10.0. The molecule has 0 saturated carbocycles. The molecule has 1 aromatic heterocycles. The van der Waals surface area contributed by atoms with Crippen molar-refractivity contribution in [3.63, 3.8) is 0 Å². The van der Waals surface area contributed by atoms with E-state index in [-0.39, 0.29) is 23.9 Å². The summed E-state index contributed by atoms with van der Waals surface area (Å²) >= 11 is 0. The van der Waals surface area contributed by atoms with Crippen molar-refractivity contribution >= 4 is 16.7 Å². The van der Waals surface area contributed by atoms with E-state index in [9.17, 15) is 15.0 Å². The monoisotopic (exact) mass is 337 g/mol. The fourth-order valence-corrected chi connectivity index (χ4v) is 2.61. The molecule has 128 valence electrons. The van der Waals surface area contributed by atoms with Gasteiger partial charge in [-0.05, 0) is 29.7 Å². The number of aromatic nitrogens is 1. The molecule has 3 rings (SSSR count). The van der Waals surface area contributed by atoms with Crippen LogP contribution in [-0.4, -0.2) is 27.8 Å². The minimum absolute atomic E-state index is 0.252. The Kier molecular flexibility index (Phi) is 4.84. The quantitative estimate of drug-likeness (QED) is 0.537. The molecule has 0 bridgehead atoms. The number of esters is 1. The van der Waals surface area contributed by atoms with Crippen molar-refractivity contribution < 1.29 is 19.7 Å². The van der Waals surface area contributed by atoms with Crippen molar-refractivity contribution in [2.45, 2.75) is 19.8 Å². The highest BCUT2D eigenvalue weighted by atomic mass is 16.5. The molecule has 0 amide bonds. The molecule has 5 heteroatoms. The predicted molar refractivity (Wildman–Crippen MR) is 95.7 cm³/mol. The van der Waals surface area contributed by atoms with E-state index in [1.807, 2.05) is 43.3 Å². The molecule has 0 aliphatic rings. The van der Waals surface area contributed by atoms with Gasteiger partial charge in [0.05, 0.1) is 6.61 Å². The fraction of sp³-hybridized carbons (Fsp3) is 0.200. The van der Waals surface area contributed by atoms with Crippen molar-refractivity contribution in [1.29, 1.82) is 0 Å². The molecule has 0 atom stereocenters. The second-order valence-corrected chi connectivity index (χ2v) is 5.75. The lowest BCUT2D eigenvalue weighted by molar-refractivity contribution is 0.0488. The van der Waals surface area contributed by atoms with Gasteiger partial charge in [-0.3, -0.25) is 0 Å². The van der Waals surface area contributed by atoms with E-state index in [1.54, 1.807) is 12.1 Å². The third-order valence-corrected chi connectivity index (χ3v) is 3.99. The average molecular weight is 337 g/mol. The van der Waals surface area contributed by atoms with E-state index >= 15 is 0 Å². The van der Waals surface area contributed by atoms with Crippen molar-refractivity contribution in [1.82, 2.24) is 4.98 Å². The number of fused-ring (bicyclic) bond motifs is 1. The summed E-state index contributed by atoms with van der Waals surface area (Å²) in [4.78, 5) is 15.9. The van der Waals surface area contributed by atoms with Gasteiger partial charge in [0.25, 0.3) is 0 Å². The van der Waals surface area contributed by atoms with Crippen LogP contribution in [0.15, 0.2) is 48.5 Å². The molecule has 0 spiro atoms. The first-order chi connectivity index (χ1) is 12.1. The summed E-state index contributed by atoms with van der Waals surface area (Å²) < 4.78 is 5.07. The Hall–Kier alpha value is -3.08. The smallest absolute Gasteiger partial charge is 0.360 e. The minimum Gasteiger partial charge on any atom is -0.505 e. The second-order valence-electron chi connectivity index (χ2n) is 5.75. The Labute approximate surface area is 145 Å². The number of carbonyl (C=O) groups is 1. The standard InChI is InChI=1S/C20H19NO4/c1-2-3-11-25-20(24)17-18(22)15-10-9-14(12-16(15)19(23)21-17)13-7-5-4-6-8-13/h4-10,12,22H,2-3,11H2,1H3,(H,21,23). The van der Waals surface area contributed by atoms with Crippen LogP contribution in [0.2, 0.25) is 0 Å². The molecule has 0 aliphatic heterocycles. The average Bonchev–Trinajstić information content (AvgIpc) is 2.65. The molecule has 0 unspecified atom stereocenters. The minimum atomic E-state index is -0.740. The highest BCUT2D eigenvalue weighted by Gasteiger charge is 2.20. The first-order valence-electron chi connectivity index (χ1n) is 8.20. The second kappa shape index (κ2) is 7.21. The van der Waals surface area contributed by atoms with Crippen LogP contribution in [0.25, 0.3) is 21.9 Å². The lowest BCUT2D eigenvalue weighted by Crippen LogP contribution is -2.09. The molecule has 0 saturated heterocycles. The van der Waals surface area contributed by atoms with E-state index in [0.29, 0.717) is 10.8 Å². The Balaban J connectivity index is 2.02. The zero-order valence-electron chi connectivity index (χ0n) is 13.9. The topological polar surface area (TPSA) is 79.7 Å². The Morgan fingerprint density at radius 1 is 1.04 bits per heavy atom. The van der Waals surface area contributed by atoms with Crippen molar-refractivity contribution in [3.8, 4) is 22.8 Å². The van der Waals surface area contributed by atoms with E-state index in [4.69, 9.17) is 4.74 Å². The van der Waals surface area contributed by atoms with Gasteiger partial charge in [0, 0.05) is 10.8 Å². The first kappa shape index (κ1) is 16.8. The zero-order valence-corrected chi connectivity index (χ0v) is 13.9. The summed E-state index contributed by atoms with van der Waals surface area (Å²) in [7, 11) is 0. The van der Waals surface area contributed by atoms with Crippen molar-refractivity contribution in [3.05, 3.63) is 54.2 Å². The molecule has 2 aromatic carbocycles. The fourth-order valence-electron chi connectivity index (χ4n) is 2.61. The van der Waals surface area contributed by atoms with Crippen LogP contribution in [0.5, 0.6) is 11.6 Å². The van der Waals surface area contributed by atoms with Crippen LogP contribution in [0.1, 0.15) is 30.3 Å². The molecule has 25 heavy (non-hydrogen) atoms. The van der Waals surface area contributed by atoms with Gasteiger partial charge in [0.2, 0.25) is 5.88 Å². The summed E-state index contributed by atoms with van der Waals surface area (Å²) in [5.41, 5.74) is 1.59. The van der Waals surface area contributed by atoms with Gasteiger partial charge in [-0.15, -0.1) is 0 Å². The SMILES string of the molecule is CCCCOC(=O)c1nc(O)c2cc(-c3ccccc3)ccc2c1O. The molecule has 3 aromatic rings. The van der Waals surface area contributed by atoms with E-state index in [0.717, 1.165) is 24.0 Å². The number of benzene rings is 2. The van der Waals surface area contributed by atoms with Gasteiger partial charge in [-0.25, -0.2) is 9.78 Å². The summed E-state index contributed by atoms with van der Waals surface area (Å²) in [6.07, 6.45) is 1.62. The molecule has 0 radical (unpaired) electrons. The molecular formula is C20H19NO4. The largest absolute Gasteiger partial charge is 0.505 e. The first-order valence-corrected chi connectivity index (χ1v) is 8.20. The maximum Gasteiger partial charge on any atom is 0.360 e. The number of nitrogens with zero attached hydrogens (tertiary/aromatic N) is 1. The summed E-state index contributed by atoms with van der Waals surface area (Å²) in [5, 5.41) is 21.4. The Morgan fingerprint density at radius 3 is 2.52 bits per heavy atom. The van der Waals surface area contributed by atoms with Gasteiger partial charge in [-0.2, -0.15) is 0 Å². The van der Waals surface area contributed by atoms with Crippen LogP contribution in [0.3, 0.4) is 0 Å². The number of rotatable bonds is 5. The zero-order chi connectivity index (χ0) is 17.8. The number of carbonyl (C=O) groups excluding carboxylic acids is 1. The van der Waals surface area contributed by atoms with Gasteiger partial charge < -0.3 is 14.9 Å². The highest BCUT2D eigenvalue weighted by molar-refractivity contribution is 6.02. The Bertz CT molecular complexity index is 906. The Morgan fingerprint density at radius 2 is 1.80 bits per heavy atom. The number of hydrogen-bond donors (Lipinski definition) is 2. The van der Waals surface area contributed by atoms with Crippen LogP contribution in [0.4, 0.5) is 0 Å². The molecule has 2 N–H and O–H groups in total. The highest BCUT2D eigenvalue weighted by Crippen LogP contribution is 2.35. The summed E-state index contributed by atoms with van der Waals surface area (Å²) in [6, 6.07) is 14.9. The third-order valence-electron chi connectivity index (χ3n) is 3.99. The van der Waals surface area contributed by atoms with Crippen LogP contribution in [0, 0.1) is 0 Å². The van der Waals surface area contributed by atoms with E-state index in [1.165, 1.54) is 0 Å². The van der Waals surface area contributed by atoms with E-state index in [2.05, 4.69) is 4.98 Å². The molecule has 0 aliphatic carbocycles.